The van der Waals surface area contributed by atoms with Gasteiger partial charge < -0.3 is 9.84 Å². The minimum Gasteiger partial charge on any atom is -0.351 e. The Balaban J connectivity index is 1.87. The first-order valence-corrected chi connectivity index (χ1v) is 6.49. The largest absolute Gasteiger partial charge is 0.351 e. The molecular formula is C16H13N3O2. The molecule has 0 radical (unpaired) electrons. The fourth-order valence-corrected chi connectivity index (χ4v) is 2.03. The number of amides is 1. The summed E-state index contributed by atoms with van der Waals surface area (Å²) in [6.45, 7) is 2.02. The van der Waals surface area contributed by atoms with Gasteiger partial charge in [0, 0.05) is 11.6 Å². The summed E-state index contributed by atoms with van der Waals surface area (Å²) in [6, 6.07) is 15.0. The van der Waals surface area contributed by atoms with E-state index < -0.39 is 0 Å². The lowest BCUT2D eigenvalue weighted by atomic mass is 10.1. The van der Waals surface area contributed by atoms with E-state index >= 15 is 0 Å². The number of nitrogens with one attached hydrogen (secondary N) is 1. The van der Waals surface area contributed by atoms with Crippen LogP contribution in [0.3, 0.4) is 0 Å². The van der Waals surface area contributed by atoms with Crippen molar-refractivity contribution in [1.82, 2.24) is 10.1 Å². The van der Waals surface area contributed by atoms with Crippen LogP contribution in [0.1, 0.15) is 16.1 Å². The molecule has 3 aromatic rings. The monoisotopic (exact) mass is 279 g/mol. The van der Waals surface area contributed by atoms with Crippen LogP contribution in [-0.4, -0.2) is 16.0 Å². The molecule has 1 aromatic carbocycles. The molecule has 0 aliphatic carbocycles. The number of hydrogen-bond acceptors (Lipinski definition) is 4. The Kier molecular flexibility index (Phi) is 3.47. The van der Waals surface area contributed by atoms with Crippen molar-refractivity contribution in [2.45, 2.75) is 6.92 Å². The maximum Gasteiger partial charge on any atom is 0.295 e. The lowest BCUT2D eigenvalue weighted by Crippen LogP contribution is -2.12. The second-order valence-electron chi connectivity index (χ2n) is 4.55. The molecule has 0 saturated carbocycles. The minimum atomic E-state index is -0.373. The predicted molar refractivity (Wildman–Crippen MR) is 78.9 cm³/mol. The molecule has 21 heavy (non-hydrogen) atoms. The van der Waals surface area contributed by atoms with E-state index in [2.05, 4.69) is 15.5 Å². The highest BCUT2D eigenvalue weighted by atomic mass is 16.5. The molecule has 3 rings (SSSR count). The van der Waals surface area contributed by atoms with Gasteiger partial charge in [-0.1, -0.05) is 35.5 Å². The third-order valence-electron chi connectivity index (χ3n) is 3.07. The van der Waals surface area contributed by atoms with Crippen LogP contribution in [0.25, 0.3) is 11.3 Å². The number of pyridine rings is 1. The summed E-state index contributed by atoms with van der Waals surface area (Å²) in [4.78, 5) is 16.4. The van der Waals surface area contributed by atoms with Crippen LogP contribution >= 0.6 is 0 Å². The number of hydrogen-bond donors (Lipinski definition) is 1. The number of nitrogens with zero attached hydrogens (tertiary/aromatic N) is 2. The normalized spacial score (nSPS) is 10.3. The summed E-state index contributed by atoms with van der Waals surface area (Å²) in [6.07, 6.45) is 1.42. The van der Waals surface area contributed by atoms with Crippen LogP contribution in [0.4, 0.5) is 5.82 Å². The van der Waals surface area contributed by atoms with Crippen LogP contribution in [-0.2, 0) is 0 Å². The summed E-state index contributed by atoms with van der Waals surface area (Å²) in [5, 5.41) is 6.20. The summed E-state index contributed by atoms with van der Waals surface area (Å²) in [5.41, 5.74) is 2.97. The molecule has 0 atom stereocenters. The first-order chi connectivity index (χ1) is 10.2. The Hall–Kier alpha value is -2.95. The quantitative estimate of drug-likeness (QED) is 0.798. The van der Waals surface area contributed by atoms with Gasteiger partial charge >= 0.3 is 0 Å². The number of anilines is 1. The highest BCUT2D eigenvalue weighted by Gasteiger charge is 2.11. The molecule has 1 N–H and O–H groups in total. The molecule has 104 valence electrons. The van der Waals surface area contributed by atoms with Crippen molar-refractivity contribution >= 4 is 11.7 Å². The number of aromatic nitrogens is 2. The molecule has 5 heteroatoms. The van der Waals surface area contributed by atoms with Crippen LogP contribution in [0, 0.1) is 6.92 Å². The molecule has 1 amide bonds. The molecule has 0 aliphatic rings. The van der Waals surface area contributed by atoms with Crippen LogP contribution in [0.5, 0.6) is 0 Å². The minimum absolute atomic E-state index is 0.151. The third kappa shape index (κ3) is 2.81. The van der Waals surface area contributed by atoms with Gasteiger partial charge in [-0.3, -0.25) is 4.79 Å². The summed E-state index contributed by atoms with van der Waals surface area (Å²) in [5.74, 6) is 0.247. The Bertz CT molecular complexity index is 767. The van der Waals surface area contributed by atoms with E-state index in [0.29, 0.717) is 5.82 Å². The molecule has 5 nitrogen and oxygen atoms in total. The lowest BCUT2D eigenvalue weighted by molar-refractivity contribution is 0.0987. The molecule has 0 aliphatic heterocycles. The highest BCUT2D eigenvalue weighted by molar-refractivity contribution is 6.01. The predicted octanol–water partition coefficient (Wildman–Crippen LogP) is 3.30. The number of carbonyl (C=O) groups excluding carboxylic acids is 1. The van der Waals surface area contributed by atoms with Crippen molar-refractivity contribution in [3.63, 3.8) is 0 Å². The standard InChI is InChI=1S/C16H13N3O2/c1-11-5-2-3-6-12(11)13-7-4-8-15(18-13)19-16(20)14-9-10-17-21-14/h2-10H,1H3,(H,18,19,20). The van der Waals surface area contributed by atoms with Gasteiger partial charge in [-0.15, -0.1) is 0 Å². The van der Waals surface area contributed by atoms with E-state index in [4.69, 9.17) is 4.52 Å². The zero-order valence-corrected chi connectivity index (χ0v) is 11.4. The molecular weight excluding hydrogens is 266 g/mol. The average molecular weight is 279 g/mol. The molecule has 0 fully saturated rings. The molecule has 0 spiro atoms. The summed E-state index contributed by atoms with van der Waals surface area (Å²) in [7, 11) is 0. The van der Waals surface area contributed by atoms with E-state index in [9.17, 15) is 4.79 Å². The van der Waals surface area contributed by atoms with Gasteiger partial charge in [0.2, 0.25) is 5.76 Å². The van der Waals surface area contributed by atoms with Gasteiger partial charge in [0.05, 0.1) is 11.9 Å². The second-order valence-corrected chi connectivity index (χ2v) is 4.55. The van der Waals surface area contributed by atoms with E-state index in [1.807, 2.05) is 43.3 Å². The third-order valence-corrected chi connectivity index (χ3v) is 3.07. The topological polar surface area (TPSA) is 68.0 Å². The molecule has 2 heterocycles. The van der Waals surface area contributed by atoms with Gasteiger partial charge in [-0.05, 0) is 24.6 Å². The highest BCUT2D eigenvalue weighted by Crippen LogP contribution is 2.22. The number of aryl methyl sites for hydroxylation is 1. The maximum atomic E-state index is 11.9. The lowest BCUT2D eigenvalue weighted by Gasteiger charge is -2.07. The van der Waals surface area contributed by atoms with E-state index in [0.717, 1.165) is 16.8 Å². The van der Waals surface area contributed by atoms with Gasteiger partial charge in [-0.25, -0.2) is 4.98 Å². The number of carbonyl (C=O) groups is 1. The van der Waals surface area contributed by atoms with Crippen molar-refractivity contribution in [2.75, 3.05) is 5.32 Å². The van der Waals surface area contributed by atoms with Crippen LogP contribution < -0.4 is 5.32 Å². The average Bonchev–Trinajstić information content (AvgIpc) is 3.02. The van der Waals surface area contributed by atoms with Crippen LogP contribution in [0.15, 0.2) is 59.3 Å². The van der Waals surface area contributed by atoms with Crippen molar-refractivity contribution in [3.8, 4) is 11.3 Å². The van der Waals surface area contributed by atoms with Crippen molar-refractivity contribution < 1.29 is 9.32 Å². The van der Waals surface area contributed by atoms with Gasteiger partial charge in [0.1, 0.15) is 5.82 Å². The smallest absolute Gasteiger partial charge is 0.295 e. The van der Waals surface area contributed by atoms with Crippen LogP contribution in [0.2, 0.25) is 0 Å². The Morgan fingerprint density at radius 2 is 1.95 bits per heavy atom. The molecule has 0 bridgehead atoms. The van der Waals surface area contributed by atoms with Gasteiger partial charge in [-0.2, -0.15) is 0 Å². The number of benzene rings is 1. The van der Waals surface area contributed by atoms with E-state index in [-0.39, 0.29) is 11.7 Å². The maximum absolute atomic E-state index is 11.9. The summed E-state index contributed by atoms with van der Waals surface area (Å²) < 4.78 is 4.81. The molecule has 0 unspecified atom stereocenters. The summed E-state index contributed by atoms with van der Waals surface area (Å²) >= 11 is 0. The Morgan fingerprint density at radius 3 is 2.71 bits per heavy atom. The van der Waals surface area contributed by atoms with Gasteiger partial charge in [0.15, 0.2) is 0 Å². The van der Waals surface area contributed by atoms with Crippen molar-refractivity contribution in [3.05, 3.63) is 66.1 Å². The second kappa shape index (κ2) is 5.58. The molecule has 2 aromatic heterocycles. The van der Waals surface area contributed by atoms with E-state index in [1.165, 1.54) is 12.3 Å². The molecule has 0 saturated heterocycles. The van der Waals surface area contributed by atoms with E-state index in [1.54, 1.807) is 6.07 Å². The van der Waals surface area contributed by atoms with Crippen molar-refractivity contribution in [2.24, 2.45) is 0 Å². The SMILES string of the molecule is Cc1ccccc1-c1cccc(NC(=O)c2ccno2)n1. The fraction of sp³-hybridized carbons (Fsp3) is 0.0625. The zero-order chi connectivity index (χ0) is 14.7. The first kappa shape index (κ1) is 13.1. The Labute approximate surface area is 121 Å². The number of rotatable bonds is 3. The first-order valence-electron chi connectivity index (χ1n) is 6.49. The Morgan fingerprint density at radius 1 is 1.10 bits per heavy atom. The fourth-order valence-electron chi connectivity index (χ4n) is 2.03. The van der Waals surface area contributed by atoms with Crippen molar-refractivity contribution in [1.29, 1.82) is 0 Å². The zero-order valence-electron chi connectivity index (χ0n) is 11.4. The van der Waals surface area contributed by atoms with Gasteiger partial charge in [0.25, 0.3) is 5.91 Å².